The van der Waals surface area contributed by atoms with Gasteiger partial charge in [-0.25, -0.2) is 4.57 Å². The third-order valence-electron chi connectivity index (χ3n) is 5.07. The maximum atomic E-state index is 12.1. The van der Waals surface area contributed by atoms with Gasteiger partial charge >= 0.3 is 13.8 Å². The fourth-order valence-electron chi connectivity index (χ4n) is 3.12. The Morgan fingerprint density at radius 2 is 1.56 bits per heavy atom. The molecule has 0 radical (unpaired) electrons. The summed E-state index contributed by atoms with van der Waals surface area (Å²) in [6.07, 6.45) is 23.8. The summed E-state index contributed by atoms with van der Waals surface area (Å²) < 4.78 is 32.6. The molecule has 0 heterocycles. The standard InChI is InChI=1S/C27H50NO7P/c1-3-5-7-8-9-10-11-12-13-14-15-16-17-19-22-32-24-26(35-27(29)20-18-6-4-2)25-34-36(30,31)33-23-21-28/h5,7,9-10,12-13,26H,3-4,6,8,11,14-25,28H2,1-2H3,(H,30,31)/b7-5-,10-9-,13-12-. The summed E-state index contributed by atoms with van der Waals surface area (Å²) in [5, 5.41) is 0. The highest BCUT2D eigenvalue weighted by atomic mass is 31.2. The molecule has 0 bridgehead atoms. The van der Waals surface area contributed by atoms with Crippen molar-refractivity contribution in [3.8, 4) is 0 Å². The van der Waals surface area contributed by atoms with Crippen molar-refractivity contribution < 1.29 is 32.8 Å². The number of phosphoric ester groups is 1. The number of carbonyl (C=O) groups is 1. The van der Waals surface area contributed by atoms with E-state index >= 15 is 0 Å². The molecular weight excluding hydrogens is 481 g/mol. The predicted octanol–water partition coefficient (Wildman–Crippen LogP) is 6.40. The number of esters is 1. The molecule has 2 atom stereocenters. The molecule has 210 valence electrons. The second-order valence-corrected chi connectivity index (χ2v) is 9.98. The minimum absolute atomic E-state index is 0.0949. The molecule has 0 aliphatic heterocycles. The Morgan fingerprint density at radius 1 is 0.861 bits per heavy atom. The summed E-state index contributed by atoms with van der Waals surface area (Å²) in [6.45, 7) is 4.53. The number of phosphoric acid groups is 1. The fourth-order valence-corrected chi connectivity index (χ4v) is 3.89. The zero-order chi connectivity index (χ0) is 26.7. The van der Waals surface area contributed by atoms with Crippen LogP contribution in [0.5, 0.6) is 0 Å². The molecule has 0 aromatic carbocycles. The second-order valence-electron chi connectivity index (χ2n) is 8.53. The summed E-state index contributed by atoms with van der Waals surface area (Å²) in [5.74, 6) is -0.367. The van der Waals surface area contributed by atoms with Gasteiger partial charge in [0, 0.05) is 19.6 Å². The molecule has 9 heteroatoms. The first-order chi connectivity index (χ1) is 17.4. The van der Waals surface area contributed by atoms with Crippen molar-refractivity contribution in [3.05, 3.63) is 36.5 Å². The van der Waals surface area contributed by atoms with Gasteiger partial charge in [0.1, 0.15) is 6.10 Å². The Bertz CT molecular complexity index is 652. The number of carbonyl (C=O) groups excluding carboxylic acids is 1. The number of hydrogen-bond acceptors (Lipinski definition) is 7. The van der Waals surface area contributed by atoms with Crippen LogP contribution in [0.3, 0.4) is 0 Å². The fraction of sp³-hybridized carbons (Fsp3) is 0.741. The van der Waals surface area contributed by atoms with Crippen LogP contribution in [-0.4, -0.2) is 49.9 Å². The van der Waals surface area contributed by atoms with E-state index in [0.717, 1.165) is 70.6 Å². The molecule has 36 heavy (non-hydrogen) atoms. The summed E-state index contributed by atoms with van der Waals surface area (Å²) in [6, 6.07) is 0. The van der Waals surface area contributed by atoms with Gasteiger partial charge in [0.15, 0.2) is 0 Å². The van der Waals surface area contributed by atoms with Gasteiger partial charge in [0.2, 0.25) is 0 Å². The van der Waals surface area contributed by atoms with Gasteiger partial charge in [-0.3, -0.25) is 13.8 Å². The third kappa shape index (κ3) is 24.4. The van der Waals surface area contributed by atoms with E-state index in [1.54, 1.807) is 0 Å². The number of nitrogens with two attached hydrogens (primary N) is 1. The highest BCUT2D eigenvalue weighted by molar-refractivity contribution is 7.47. The highest BCUT2D eigenvalue weighted by Gasteiger charge is 2.25. The van der Waals surface area contributed by atoms with E-state index in [1.165, 1.54) is 0 Å². The first-order valence-electron chi connectivity index (χ1n) is 13.5. The van der Waals surface area contributed by atoms with Crippen molar-refractivity contribution in [1.29, 1.82) is 0 Å². The van der Waals surface area contributed by atoms with Crippen LogP contribution in [0.1, 0.15) is 90.9 Å². The van der Waals surface area contributed by atoms with E-state index in [4.69, 9.17) is 24.3 Å². The molecule has 0 saturated heterocycles. The summed E-state index contributed by atoms with van der Waals surface area (Å²) in [7, 11) is -4.25. The lowest BCUT2D eigenvalue weighted by Crippen LogP contribution is -2.28. The second kappa shape index (κ2) is 25.4. The van der Waals surface area contributed by atoms with E-state index in [1.807, 2.05) is 0 Å². The molecule has 0 rings (SSSR count). The van der Waals surface area contributed by atoms with Crippen molar-refractivity contribution >= 4 is 13.8 Å². The average Bonchev–Trinajstić information content (AvgIpc) is 2.86. The molecule has 0 saturated carbocycles. The zero-order valence-electron chi connectivity index (χ0n) is 22.5. The summed E-state index contributed by atoms with van der Waals surface area (Å²) in [5.41, 5.74) is 5.28. The Hall–Kier alpha value is -1.28. The van der Waals surface area contributed by atoms with Crippen LogP contribution in [0.4, 0.5) is 0 Å². The molecule has 0 spiro atoms. The number of unbranched alkanes of at least 4 members (excludes halogenated alkanes) is 6. The molecule has 0 aromatic rings. The van der Waals surface area contributed by atoms with Crippen LogP contribution in [0.15, 0.2) is 36.5 Å². The van der Waals surface area contributed by atoms with Crippen LogP contribution >= 0.6 is 7.82 Å². The number of hydrogen-bond donors (Lipinski definition) is 2. The van der Waals surface area contributed by atoms with E-state index in [0.29, 0.717) is 13.0 Å². The van der Waals surface area contributed by atoms with Gasteiger partial charge in [-0.15, -0.1) is 0 Å². The summed E-state index contributed by atoms with van der Waals surface area (Å²) in [4.78, 5) is 21.8. The van der Waals surface area contributed by atoms with Gasteiger partial charge in [0.05, 0.1) is 19.8 Å². The Labute approximate surface area is 218 Å². The van der Waals surface area contributed by atoms with Crippen LogP contribution < -0.4 is 5.73 Å². The lowest BCUT2D eigenvalue weighted by atomic mass is 10.1. The molecule has 0 fully saturated rings. The quantitative estimate of drug-likeness (QED) is 0.0602. The van der Waals surface area contributed by atoms with Gasteiger partial charge in [0.25, 0.3) is 0 Å². The molecule has 3 N–H and O–H groups in total. The zero-order valence-corrected chi connectivity index (χ0v) is 23.4. The minimum Gasteiger partial charge on any atom is -0.457 e. The van der Waals surface area contributed by atoms with E-state index in [2.05, 4.69) is 50.3 Å². The van der Waals surface area contributed by atoms with Gasteiger partial charge in [-0.1, -0.05) is 76.0 Å². The Morgan fingerprint density at radius 3 is 2.25 bits per heavy atom. The molecule has 0 amide bonds. The van der Waals surface area contributed by atoms with Crippen LogP contribution in [0, 0.1) is 0 Å². The van der Waals surface area contributed by atoms with E-state index < -0.39 is 13.9 Å². The number of ether oxygens (including phenoxy) is 2. The summed E-state index contributed by atoms with van der Waals surface area (Å²) >= 11 is 0. The molecule has 2 unspecified atom stereocenters. The van der Waals surface area contributed by atoms with Crippen molar-refractivity contribution in [2.24, 2.45) is 5.73 Å². The smallest absolute Gasteiger partial charge is 0.457 e. The first-order valence-corrected chi connectivity index (χ1v) is 15.0. The Kier molecular flexibility index (Phi) is 24.5. The lowest BCUT2D eigenvalue weighted by molar-refractivity contribution is -0.154. The molecular formula is C27H50NO7P. The molecule has 0 aliphatic rings. The number of rotatable bonds is 25. The minimum atomic E-state index is -4.25. The van der Waals surface area contributed by atoms with Gasteiger partial charge in [-0.05, 0) is 44.9 Å². The van der Waals surface area contributed by atoms with Crippen molar-refractivity contribution in [2.75, 3.05) is 33.0 Å². The van der Waals surface area contributed by atoms with Gasteiger partial charge < -0.3 is 20.1 Å². The SMILES string of the molecule is CC/C=C\C/C=C\C/C=C\CCCCCCOCC(COP(=O)(O)OCCN)OC(=O)CCCCC. The van der Waals surface area contributed by atoms with E-state index in [-0.39, 0.29) is 32.3 Å². The maximum absolute atomic E-state index is 12.1. The monoisotopic (exact) mass is 531 g/mol. The van der Waals surface area contributed by atoms with Crippen LogP contribution in [0.2, 0.25) is 0 Å². The van der Waals surface area contributed by atoms with Gasteiger partial charge in [-0.2, -0.15) is 0 Å². The topological polar surface area (TPSA) is 117 Å². The predicted molar refractivity (Wildman–Crippen MR) is 146 cm³/mol. The number of allylic oxidation sites excluding steroid dienone is 6. The molecule has 0 aliphatic carbocycles. The lowest BCUT2D eigenvalue weighted by Gasteiger charge is -2.20. The molecule has 0 aromatic heterocycles. The largest absolute Gasteiger partial charge is 0.472 e. The van der Waals surface area contributed by atoms with Crippen molar-refractivity contribution in [1.82, 2.24) is 0 Å². The highest BCUT2D eigenvalue weighted by Crippen LogP contribution is 2.43. The van der Waals surface area contributed by atoms with Crippen LogP contribution in [-0.2, 0) is 27.9 Å². The van der Waals surface area contributed by atoms with Crippen molar-refractivity contribution in [3.63, 3.8) is 0 Å². The van der Waals surface area contributed by atoms with Crippen molar-refractivity contribution in [2.45, 2.75) is 97.0 Å². The maximum Gasteiger partial charge on any atom is 0.472 e. The third-order valence-corrected chi connectivity index (χ3v) is 6.06. The average molecular weight is 532 g/mol. The first kappa shape index (κ1) is 34.7. The van der Waals surface area contributed by atoms with E-state index in [9.17, 15) is 14.3 Å². The molecule has 8 nitrogen and oxygen atoms in total. The normalized spacial score (nSPS) is 14.7. The van der Waals surface area contributed by atoms with Crippen LogP contribution in [0.25, 0.3) is 0 Å². The Balaban J connectivity index is 4.09.